The van der Waals surface area contributed by atoms with Crippen molar-refractivity contribution in [3.8, 4) is 5.75 Å². The third kappa shape index (κ3) is 3.24. The van der Waals surface area contributed by atoms with Crippen molar-refractivity contribution in [3.63, 3.8) is 0 Å². The van der Waals surface area contributed by atoms with E-state index >= 15 is 0 Å². The zero-order chi connectivity index (χ0) is 14.7. The molecule has 0 amide bonds. The van der Waals surface area contributed by atoms with Crippen LogP contribution in [0.1, 0.15) is 12.1 Å². The van der Waals surface area contributed by atoms with Gasteiger partial charge in [-0.05, 0) is 38.1 Å². The Balaban J connectivity index is 1.63. The Labute approximate surface area is 129 Å². The number of hydrogen-bond acceptors (Lipinski definition) is 4. The van der Waals surface area contributed by atoms with Gasteiger partial charge in [0.25, 0.3) is 0 Å². The molecule has 0 radical (unpaired) electrons. The van der Waals surface area contributed by atoms with E-state index in [-0.39, 0.29) is 6.10 Å². The van der Waals surface area contributed by atoms with Crippen molar-refractivity contribution in [2.24, 2.45) is 7.05 Å². The fourth-order valence-electron chi connectivity index (χ4n) is 2.70. The molecule has 1 aliphatic rings. The van der Waals surface area contributed by atoms with Gasteiger partial charge in [0.15, 0.2) is 0 Å². The van der Waals surface area contributed by atoms with E-state index < -0.39 is 0 Å². The molecule has 2 unspecified atom stereocenters. The smallest absolute Gasteiger partial charge is 0.133 e. The zero-order valence-electron chi connectivity index (χ0n) is 12.5. The van der Waals surface area contributed by atoms with Crippen molar-refractivity contribution < 1.29 is 4.74 Å². The molecule has 0 spiro atoms. The third-order valence-electron chi connectivity index (χ3n) is 3.98. The second-order valence-electron chi connectivity index (χ2n) is 5.29. The number of hydrogen-bond donors (Lipinski definition) is 1. The highest BCUT2D eigenvalue weighted by Gasteiger charge is 2.27. The SMILES string of the molecule is CNC(CCc1ccnn1C)C1CSc2ccccc2O1. The Kier molecular flexibility index (Phi) is 4.51. The standard InChI is InChI=1S/C16H21N3OS/c1-17-13(8-7-12-9-10-18-19(12)2)15-11-21-16-6-4-3-5-14(16)20-15/h3-6,9-10,13,15,17H,7-8,11H2,1-2H3. The number of benzene rings is 1. The summed E-state index contributed by atoms with van der Waals surface area (Å²) >= 11 is 1.88. The van der Waals surface area contributed by atoms with Gasteiger partial charge in [0.2, 0.25) is 0 Å². The first-order chi connectivity index (χ1) is 10.3. The van der Waals surface area contributed by atoms with E-state index in [0.717, 1.165) is 24.3 Å². The van der Waals surface area contributed by atoms with Crippen LogP contribution >= 0.6 is 11.8 Å². The van der Waals surface area contributed by atoms with Gasteiger partial charge in [0.1, 0.15) is 11.9 Å². The van der Waals surface area contributed by atoms with E-state index in [1.807, 2.05) is 42.8 Å². The van der Waals surface area contributed by atoms with Crippen molar-refractivity contribution in [2.75, 3.05) is 12.8 Å². The molecule has 2 aromatic rings. The van der Waals surface area contributed by atoms with Gasteiger partial charge >= 0.3 is 0 Å². The van der Waals surface area contributed by atoms with Crippen molar-refractivity contribution >= 4 is 11.8 Å². The minimum absolute atomic E-state index is 0.211. The summed E-state index contributed by atoms with van der Waals surface area (Å²) in [6, 6.07) is 10.7. The summed E-state index contributed by atoms with van der Waals surface area (Å²) in [6.07, 6.45) is 4.12. The fourth-order valence-corrected chi connectivity index (χ4v) is 3.78. The first-order valence-corrected chi connectivity index (χ1v) is 8.29. The lowest BCUT2D eigenvalue weighted by Crippen LogP contribution is -2.44. The molecule has 0 fully saturated rings. The van der Waals surface area contributed by atoms with Crippen LogP contribution in [0.2, 0.25) is 0 Å². The van der Waals surface area contributed by atoms with Crippen LogP contribution in [0.15, 0.2) is 41.4 Å². The molecular weight excluding hydrogens is 282 g/mol. The van der Waals surface area contributed by atoms with Gasteiger partial charge in [-0.2, -0.15) is 5.10 Å². The maximum absolute atomic E-state index is 6.18. The fraction of sp³-hybridized carbons (Fsp3) is 0.438. The maximum Gasteiger partial charge on any atom is 0.133 e. The van der Waals surface area contributed by atoms with E-state index in [2.05, 4.69) is 34.7 Å². The van der Waals surface area contributed by atoms with Gasteiger partial charge in [-0.15, -0.1) is 11.8 Å². The molecule has 1 aromatic heterocycles. The van der Waals surface area contributed by atoms with Crippen LogP contribution < -0.4 is 10.1 Å². The Morgan fingerprint density at radius 1 is 1.43 bits per heavy atom. The molecule has 1 aliphatic heterocycles. The summed E-state index contributed by atoms with van der Waals surface area (Å²) in [5, 5.41) is 7.64. The number of rotatable bonds is 5. The van der Waals surface area contributed by atoms with Gasteiger partial charge in [0.05, 0.1) is 0 Å². The summed E-state index contributed by atoms with van der Waals surface area (Å²) < 4.78 is 8.12. The van der Waals surface area contributed by atoms with E-state index in [1.54, 1.807) is 0 Å². The van der Waals surface area contributed by atoms with Crippen molar-refractivity contribution in [2.45, 2.75) is 29.9 Å². The predicted octanol–water partition coefficient (Wildman–Crippen LogP) is 2.49. The quantitative estimate of drug-likeness (QED) is 0.921. The highest BCUT2D eigenvalue weighted by atomic mass is 32.2. The molecule has 2 heterocycles. The van der Waals surface area contributed by atoms with Crippen LogP contribution in [0.4, 0.5) is 0 Å². The van der Waals surface area contributed by atoms with Crippen molar-refractivity contribution in [3.05, 3.63) is 42.2 Å². The Hall–Kier alpha value is -1.46. The van der Waals surface area contributed by atoms with Crippen LogP contribution in [0.3, 0.4) is 0 Å². The van der Waals surface area contributed by atoms with E-state index in [1.165, 1.54) is 10.6 Å². The topological polar surface area (TPSA) is 39.1 Å². The molecule has 0 bridgehead atoms. The lowest BCUT2D eigenvalue weighted by Gasteiger charge is -2.31. The first kappa shape index (κ1) is 14.5. The Morgan fingerprint density at radius 2 is 2.29 bits per heavy atom. The molecule has 2 atom stereocenters. The Bertz CT molecular complexity index is 599. The molecule has 0 aliphatic carbocycles. The minimum atomic E-state index is 0.211. The number of nitrogens with one attached hydrogen (secondary N) is 1. The van der Waals surface area contributed by atoms with Crippen molar-refractivity contribution in [1.29, 1.82) is 0 Å². The monoisotopic (exact) mass is 303 g/mol. The lowest BCUT2D eigenvalue weighted by atomic mass is 10.0. The summed E-state index contributed by atoms with van der Waals surface area (Å²) in [5.74, 6) is 2.01. The summed E-state index contributed by atoms with van der Waals surface area (Å²) in [7, 11) is 4.01. The lowest BCUT2D eigenvalue weighted by molar-refractivity contribution is 0.165. The summed E-state index contributed by atoms with van der Waals surface area (Å²) in [6.45, 7) is 0. The van der Waals surface area contributed by atoms with Crippen LogP contribution in [0.5, 0.6) is 5.75 Å². The van der Waals surface area contributed by atoms with Gasteiger partial charge in [0, 0.05) is 35.6 Å². The highest BCUT2D eigenvalue weighted by molar-refractivity contribution is 7.99. The minimum Gasteiger partial charge on any atom is -0.487 e. The number of likely N-dealkylation sites (N-methyl/N-ethyl adjacent to an activating group) is 1. The molecule has 112 valence electrons. The molecule has 0 saturated heterocycles. The molecule has 1 aromatic carbocycles. The largest absolute Gasteiger partial charge is 0.487 e. The number of thioether (sulfide) groups is 1. The molecular formula is C16H21N3OS. The number of fused-ring (bicyclic) bond motifs is 1. The van der Waals surface area contributed by atoms with Crippen LogP contribution in [-0.2, 0) is 13.5 Å². The van der Waals surface area contributed by atoms with Gasteiger partial charge in [-0.25, -0.2) is 0 Å². The first-order valence-electron chi connectivity index (χ1n) is 7.30. The highest BCUT2D eigenvalue weighted by Crippen LogP contribution is 2.36. The van der Waals surface area contributed by atoms with Gasteiger partial charge in [-0.1, -0.05) is 12.1 Å². The molecule has 21 heavy (non-hydrogen) atoms. The molecule has 5 heteroatoms. The number of ether oxygens (including phenoxy) is 1. The maximum atomic E-state index is 6.18. The molecule has 0 saturated carbocycles. The number of aromatic nitrogens is 2. The van der Waals surface area contributed by atoms with Gasteiger partial charge in [-0.3, -0.25) is 4.68 Å². The molecule has 1 N–H and O–H groups in total. The van der Waals surface area contributed by atoms with Crippen LogP contribution in [-0.4, -0.2) is 34.7 Å². The third-order valence-corrected chi connectivity index (χ3v) is 5.13. The second-order valence-corrected chi connectivity index (χ2v) is 6.36. The number of aryl methyl sites for hydroxylation is 2. The summed E-state index contributed by atoms with van der Waals surface area (Å²) in [4.78, 5) is 1.25. The average Bonchev–Trinajstić information content (AvgIpc) is 2.93. The van der Waals surface area contributed by atoms with Crippen molar-refractivity contribution in [1.82, 2.24) is 15.1 Å². The predicted molar refractivity (Wildman–Crippen MR) is 86.0 cm³/mol. The van der Waals surface area contributed by atoms with Crippen LogP contribution in [0.25, 0.3) is 0 Å². The molecule has 3 rings (SSSR count). The number of para-hydroxylation sites is 1. The Morgan fingerprint density at radius 3 is 3.05 bits per heavy atom. The van der Waals surface area contributed by atoms with E-state index in [4.69, 9.17) is 4.74 Å². The van der Waals surface area contributed by atoms with E-state index in [9.17, 15) is 0 Å². The number of nitrogens with zero attached hydrogens (tertiary/aromatic N) is 2. The molecule has 4 nitrogen and oxygen atoms in total. The van der Waals surface area contributed by atoms with E-state index in [0.29, 0.717) is 6.04 Å². The average molecular weight is 303 g/mol. The zero-order valence-corrected chi connectivity index (χ0v) is 13.3. The van der Waals surface area contributed by atoms with Crippen LogP contribution in [0, 0.1) is 0 Å². The summed E-state index contributed by atoms with van der Waals surface area (Å²) in [5.41, 5.74) is 1.26. The second kappa shape index (κ2) is 6.54. The van der Waals surface area contributed by atoms with Gasteiger partial charge < -0.3 is 10.1 Å². The normalized spacial score (nSPS) is 18.9.